The third-order valence-corrected chi connectivity index (χ3v) is 15.5. The largest absolute Gasteiger partial charge is 0.459 e. The number of nitrogens with zero attached hydrogens (tertiary/aromatic N) is 3. The maximum absolute atomic E-state index is 13.0. The summed E-state index contributed by atoms with van der Waals surface area (Å²) in [5, 5.41) is 34.6. The minimum Gasteiger partial charge on any atom is -0.459 e. The Labute approximate surface area is 447 Å². The van der Waals surface area contributed by atoms with Crippen molar-refractivity contribution >= 4 is 17.9 Å². The summed E-state index contributed by atoms with van der Waals surface area (Å²) < 4.78 is 36.8. The molecule has 15 heteroatoms. The van der Waals surface area contributed by atoms with Gasteiger partial charge in [0, 0.05) is 91.4 Å². The monoisotopic (exact) mass is 1040 g/mol. The first-order valence-electron chi connectivity index (χ1n) is 27.0. The molecule has 75 heavy (non-hydrogen) atoms. The van der Waals surface area contributed by atoms with Crippen molar-refractivity contribution in [1.82, 2.24) is 14.7 Å². The molecule has 3 aromatic rings. The number of rotatable bonds is 23. The molecule has 15 nitrogen and oxygen atoms in total. The molecule has 6 rings (SSSR count). The van der Waals surface area contributed by atoms with E-state index in [2.05, 4.69) is 97.8 Å². The van der Waals surface area contributed by atoms with Crippen LogP contribution in [0.4, 0.5) is 0 Å². The predicted molar refractivity (Wildman–Crippen MR) is 289 cm³/mol. The van der Waals surface area contributed by atoms with Gasteiger partial charge in [0.15, 0.2) is 0 Å². The van der Waals surface area contributed by atoms with Crippen LogP contribution in [0.15, 0.2) is 91.0 Å². The van der Waals surface area contributed by atoms with Gasteiger partial charge in [-0.25, -0.2) is 14.4 Å². The zero-order chi connectivity index (χ0) is 55.0. The number of β-amino-alcohol motifs (C(OH)–C–C–N with tert-alkyl or cyclic N) is 3. The minimum atomic E-state index is -0.899. The molecule has 3 saturated heterocycles. The fraction of sp³-hybridized carbons (Fsp3) is 0.650. The van der Waals surface area contributed by atoms with Crippen LogP contribution in [0, 0.1) is 0 Å². The van der Waals surface area contributed by atoms with Crippen molar-refractivity contribution in [2.75, 3.05) is 52.7 Å². The van der Waals surface area contributed by atoms with Gasteiger partial charge in [-0.05, 0) is 119 Å². The lowest BCUT2D eigenvalue weighted by Crippen LogP contribution is -2.64. The second-order valence-electron chi connectivity index (χ2n) is 25.1. The normalized spacial score (nSPS) is 22.6. The molecule has 3 heterocycles. The van der Waals surface area contributed by atoms with Gasteiger partial charge in [0.05, 0.1) is 68.0 Å². The molecule has 3 atom stereocenters. The molecule has 3 aromatic carbocycles. The van der Waals surface area contributed by atoms with Gasteiger partial charge in [0.2, 0.25) is 0 Å². The van der Waals surface area contributed by atoms with Crippen LogP contribution in [-0.2, 0) is 28.4 Å². The third kappa shape index (κ3) is 16.6. The van der Waals surface area contributed by atoms with Crippen LogP contribution in [0.3, 0.4) is 0 Å². The van der Waals surface area contributed by atoms with E-state index >= 15 is 0 Å². The lowest BCUT2D eigenvalue weighted by Gasteiger charge is -2.55. The number of carbonyl (C=O) groups excluding carboxylic acids is 3. The number of esters is 3. The van der Waals surface area contributed by atoms with Crippen LogP contribution < -0.4 is 0 Å². The number of aliphatic hydroxyl groups is 3. The number of benzene rings is 3. The molecular formula is C60H89N3O12. The Morgan fingerprint density at radius 2 is 0.653 bits per heavy atom. The SMILES string of the molecule is CC1(C)CC(OC(=O)c2ccccc2)CC(C)(C)N1CC(O)COCC(COCC(O)CN1C(C)(C)CC(OC(=O)c2ccccc2)CC1(C)C)OCC(O)CN1C(C)(C)CC(OC(=O)c2ccccc2)CC1(C)C. The van der Waals surface area contributed by atoms with Gasteiger partial charge in [-0.3, -0.25) is 14.7 Å². The fourth-order valence-corrected chi connectivity index (χ4v) is 12.6. The van der Waals surface area contributed by atoms with Crippen LogP contribution in [-0.4, -0.2) is 177 Å². The van der Waals surface area contributed by atoms with Crippen molar-refractivity contribution in [3.05, 3.63) is 108 Å². The Morgan fingerprint density at radius 3 is 0.907 bits per heavy atom. The molecule has 0 radical (unpaired) electrons. The first-order chi connectivity index (χ1) is 35.1. The smallest absolute Gasteiger partial charge is 0.338 e. The Bertz CT molecular complexity index is 2130. The first kappa shape index (κ1) is 59.9. The maximum Gasteiger partial charge on any atom is 0.338 e. The van der Waals surface area contributed by atoms with Gasteiger partial charge in [0.25, 0.3) is 0 Å². The fourth-order valence-electron chi connectivity index (χ4n) is 12.6. The summed E-state index contributed by atoms with van der Waals surface area (Å²) in [6.45, 7) is 26.2. The molecule has 3 fully saturated rings. The van der Waals surface area contributed by atoms with Gasteiger partial charge in [-0.2, -0.15) is 0 Å². The lowest BCUT2D eigenvalue weighted by atomic mass is 9.77. The van der Waals surface area contributed by atoms with Crippen LogP contribution in [0.25, 0.3) is 0 Å². The number of hydrogen-bond acceptors (Lipinski definition) is 15. The summed E-state index contributed by atoms with van der Waals surface area (Å²) >= 11 is 0. The molecule has 3 N–H and O–H groups in total. The van der Waals surface area contributed by atoms with E-state index in [1.165, 1.54) is 0 Å². The van der Waals surface area contributed by atoms with Crippen LogP contribution in [0.5, 0.6) is 0 Å². The number of ether oxygens (including phenoxy) is 6. The number of likely N-dealkylation sites (tertiary alicyclic amines) is 3. The van der Waals surface area contributed by atoms with E-state index in [0.717, 1.165) is 0 Å². The van der Waals surface area contributed by atoms with Crippen molar-refractivity contribution < 1.29 is 58.1 Å². The van der Waals surface area contributed by atoms with E-state index in [9.17, 15) is 29.7 Å². The Morgan fingerprint density at radius 1 is 0.413 bits per heavy atom. The maximum atomic E-state index is 13.0. The Balaban J connectivity index is 1.05. The average molecular weight is 1040 g/mol. The third-order valence-electron chi connectivity index (χ3n) is 15.5. The summed E-state index contributed by atoms with van der Waals surface area (Å²) in [4.78, 5) is 45.8. The zero-order valence-electron chi connectivity index (χ0n) is 47.0. The lowest BCUT2D eigenvalue weighted by molar-refractivity contribution is -0.133. The molecular weight excluding hydrogens is 955 g/mol. The zero-order valence-corrected chi connectivity index (χ0v) is 47.0. The number of aliphatic hydroxyl groups excluding tert-OH is 3. The van der Waals surface area contributed by atoms with Crippen LogP contribution in [0.2, 0.25) is 0 Å². The molecule has 0 aliphatic carbocycles. The van der Waals surface area contributed by atoms with Gasteiger partial charge < -0.3 is 43.7 Å². The highest BCUT2D eigenvalue weighted by Gasteiger charge is 2.50. The molecule has 0 spiro atoms. The number of hydrogen-bond donors (Lipinski definition) is 3. The quantitative estimate of drug-likeness (QED) is 0.0613. The van der Waals surface area contributed by atoms with Crippen molar-refractivity contribution in [1.29, 1.82) is 0 Å². The molecule has 0 saturated carbocycles. The summed E-state index contributed by atoms with van der Waals surface area (Å²) in [6.07, 6.45) is -0.645. The highest BCUT2D eigenvalue weighted by Crippen LogP contribution is 2.43. The molecule has 416 valence electrons. The summed E-state index contributed by atoms with van der Waals surface area (Å²) in [5.41, 5.74) is -0.986. The van der Waals surface area contributed by atoms with Crippen molar-refractivity contribution in [3.63, 3.8) is 0 Å². The van der Waals surface area contributed by atoms with E-state index < -0.39 is 57.6 Å². The number of piperidine rings is 3. The first-order valence-corrected chi connectivity index (χ1v) is 27.0. The predicted octanol–water partition coefficient (Wildman–Crippen LogP) is 8.12. The molecule has 0 bridgehead atoms. The molecule has 3 aliphatic rings. The topological polar surface area (TPSA) is 177 Å². The second kappa shape index (κ2) is 25.0. The van der Waals surface area contributed by atoms with Gasteiger partial charge in [-0.15, -0.1) is 0 Å². The highest BCUT2D eigenvalue weighted by atomic mass is 16.6. The minimum absolute atomic E-state index is 0.00701. The molecule has 0 aromatic heterocycles. The van der Waals surface area contributed by atoms with Crippen molar-refractivity contribution in [2.24, 2.45) is 0 Å². The van der Waals surface area contributed by atoms with Crippen LogP contribution in [0.1, 0.15) is 153 Å². The molecule has 0 amide bonds. The Kier molecular flexibility index (Phi) is 20.0. The average Bonchev–Trinajstić information content (AvgIpc) is 3.31. The van der Waals surface area contributed by atoms with Crippen molar-refractivity contribution in [3.8, 4) is 0 Å². The molecule has 3 aliphatic heterocycles. The van der Waals surface area contributed by atoms with E-state index in [1.807, 2.05) is 54.6 Å². The van der Waals surface area contributed by atoms with Gasteiger partial charge in [0.1, 0.15) is 24.4 Å². The summed E-state index contributed by atoms with van der Waals surface area (Å²) in [7, 11) is 0. The van der Waals surface area contributed by atoms with Crippen LogP contribution >= 0.6 is 0 Å². The molecule has 3 unspecified atom stereocenters. The van der Waals surface area contributed by atoms with Crippen molar-refractivity contribution in [2.45, 2.75) is 198 Å². The Hall–Kier alpha value is -4.29. The number of carbonyl (C=O) groups is 3. The van der Waals surface area contributed by atoms with E-state index in [0.29, 0.717) is 74.8 Å². The summed E-state index contributed by atoms with van der Waals surface area (Å²) in [6, 6.07) is 27.0. The van der Waals surface area contributed by atoms with Gasteiger partial charge in [-0.1, -0.05) is 54.6 Å². The van der Waals surface area contributed by atoms with E-state index in [-0.39, 0.29) is 69.3 Å². The highest BCUT2D eigenvalue weighted by molar-refractivity contribution is 5.90. The summed E-state index contributed by atoms with van der Waals surface area (Å²) in [5.74, 6) is -1.04. The van der Waals surface area contributed by atoms with E-state index in [4.69, 9.17) is 28.4 Å². The van der Waals surface area contributed by atoms with Gasteiger partial charge >= 0.3 is 17.9 Å². The second-order valence-corrected chi connectivity index (χ2v) is 25.1. The standard InChI is InChI=1S/C60H89N3O12/c1-55(2)28-48(73-52(67)42-22-16-13-17-23-42)29-56(3,4)61(55)34-45(64)37-70-40-51(72-39-47(66)36-63-59(9,10)32-50(33-60(63,11)12)75-54(69)44-26-20-15-21-27-44)41-71-38-46(65)35-62-57(5,6)30-49(31-58(62,7)8)74-53(68)43-24-18-14-19-25-43/h13-27,45-51,64-66H,28-41H2,1-12H3. The van der Waals surface area contributed by atoms with E-state index in [1.54, 1.807) is 36.4 Å².